The first kappa shape index (κ1) is 18.3. The van der Waals surface area contributed by atoms with Crippen LogP contribution in [0.5, 0.6) is 0 Å². The molecule has 0 radical (unpaired) electrons. The summed E-state index contributed by atoms with van der Waals surface area (Å²) in [6, 6.07) is 29.8. The van der Waals surface area contributed by atoms with Crippen molar-refractivity contribution >= 4 is 10.8 Å². The van der Waals surface area contributed by atoms with Crippen LogP contribution in [0.1, 0.15) is 0 Å². The van der Waals surface area contributed by atoms with Crippen molar-refractivity contribution in [1.29, 1.82) is 0 Å². The van der Waals surface area contributed by atoms with E-state index < -0.39 is 0 Å². The molecule has 0 aliphatic carbocycles. The van der Waals surface area contributed by atoms with Crippen LogP contribution in [0, 0.1) is 0 Å². The second kappa shape index (κ2) is 7.67. The van der Waals surface area contributed by atoms with Gasteiger partial charge in [0.25, 0.3) is 0 Å². The van der Waals surface area contributed by atoms with Crippen molar-refractivity contribution in [2.45, 2.75) is 0 Å². The van der Waals surface area contributed by atoms with Gasteiger partial charge in [0.1, 0.15) is 23.9 Å². The molecule has 0 aliphatic heterocycles. The molecule has 152 valence electrons. The summed E-state index contributed by atoms with van der Waals surface area (Å²) < 4.78 is 10.2. The molecule has 6 rings (SSSR count). The average molecular weight is 414 g/mol. The smallest absolute Gasteiger partial charge is 0.181 e. The first-order valence-corrected chi connectivity index (χ1v) is 10.4. The molecule has 0 atom stereocenters. The lowest BCUT2D eigenvalue weighted by molar-refractivity contribution is 0.558. The summed E-state index contributed by atoms with van der Waals surface area (Å²) in [5.74, 6) is 0. The van der Waals surface area contributed by atoms with Crippen LogP contribution in [0.25, 0.3) is 55.5 Å². The number of nitrogens with zero attached hydrogens (tertiary/aromatic N) is 2. The van der Waals surface area contributed by atoms with E-state index in [4.69, 9.17) is 8.83 Å². The summed E-state index contributed by atoms with van der Waals surface area (Å²) in [5, 5.41) is 2.44. The molecule has 0 amide bonds. The maximum Gasteiger partial charge on any atom is 0.181 e. The number of benzene rings is 4. The van der Waals surface area contributed by atoms with Gasteiger partial charge in [-0.1, -0.05) is 84.9 Å². The highest BCUT2D eigenvalue weighted by atomic mass is 16.3. The highest BCUT2D eigenvalue weighted by Gasteiger charge is 2.11. The van der Waals surface area contributed by atoms with Crippen LogP contribution in [0.4, 0.5) is 0 Å². The molecule has 0 unspecified atom stereocenters. The van der Waals surface area contributed by atoms with E-state index in [0.717, 1.165) is 22.5 Å². The van der Waals surface area contributed by atoms with E-state index in [-0.39, 0.29) is 0 Å². The molecular formula is C28H18N2O2. The fourth-order valence-electron chi connectivity index (χ4n) is 4.15. The molecule has 0 N–H and O–H groups in total. The minimum absolute atomic E-state index is 0.839. The van der Waals surface area contributed by atoms with E-state index in [0.29, 0.717) is 0 Å². The molecule has 4 nitrogen and oxygen atoms in total. The molecule has 2 aromatic heterocycles. The first-order chi connectivity index (χ1) is 15.9. The first-order valence-electron chi connectivity index (χ1n) is 10.4. The van der Waals surface area contributed by atoms with E-state index >= 15 is 0 Å². The monoisotopic (exact) mass is 414 g/mol. The minimum Gasteiger partial charge on any atom is -0.451 e. The highest BCUT2D eigenvalue weighted by molar-refractivity contribution is 6.05. The van der Waals surface area contributed by atoms with Gasteiger partial charge >= 0.3 is 0 Å². The Morgan fingerprint density at radius 2 is 0.844 bits per heavy atom. The van der Waals surface area contributed by atoms with Crippen molar-refractivity contribution < 1.29 is 8.83 Å². The van der Waals surface area contributed by atoms with Gasteiger partial charge in [-0.2, -0.15) is 0 Å². The summed E-state index contributed by atoms with van der Waals surface area (Å²) in [6.45, 7) is 0. The summed E-state index contributed by atoms with van der Waals surface area (Å²) in [5.41, 5.74) is 8.50. The van der Waals surface area contributed by atoms with Crippen molar-refractivity contribution in [2.75, 3.05) is 0 Å². The van der Waals surface area contributed by atoms with Crippen LogP contribution in [-0.4, -0.2) is 9.97 Å². The van der Waals surface area contributed by atoms with E-state index in [2.05, 4.69) is 94.9 Å². The zero-order valence-electron chi connectivity index (χ0n) is 17.1. The lowest BCUT2D eigenvalue weighted by atomic mass is 9.91. The van der Waals surface area contributed by atoms with Crippen molar-refractivity contribution in [3.63, 3.8) is 0 Å². The largest absolute Gasteiger partial charge is 0.451 e. The maximum atomic E-state index is 5.11. The SMILES string of the molecule is c1ccc2c(-c3ccc(-c4cocn4)cc3)ccc(-c3ccc(-c4cocn4)cc3)c2c1. The Morgan fingerprint density at radius 1 is 0.438 bits per heavy atom. The van der Waals surface area contributed by atoms with Gasteiger partial charge in [-0.05, 0) is 33.0 Å². The Bertz CT molecular complexity index is 1370. The molecule has 0 saturated heterocycles. The zero-order chi connectivity index (χ0) is 21.3. The van der Waals surface area contributed by atoms with Gasteiger partial charge in [0, 0.05) is 11.1 Å². The van der Waals surface area contributed by atoms with Crippen molar-refractivity contribution in [3.8, 4) is 44.8 Å². The number of rotatable bonds is 4. The Labute approximate surface area is 184 Å². The summed E-state index contributed by atoms with van der Waals surface area (Å²) in [4.78, 5) is 8.46. The summed E-state index contributed by atoms with van der Waals surface area (Å²) >= 11 is 0. The number of hydrogen-bond acceptors (Lipinski definition) is 4. The van der Waals surface area contributed by atoms with Gasteiger partial charge in [-0.3, -0.25) is 0 Å². The van der Waals surface area contributed by atoms with Gasteiger partial charge in [0.05, 0.1) is 0 Å². The maximum absolute atomic E-state index is 5.11. The fourth-order valence-corrected chi connectivity index (χ4v) is 4.15. The quantitative estimate of drug-likeness (QED) is 0.300. The number of oxazole rings is 2. The van der Waals surface area contributed by atoms with Crippen molar-refractivity contribution in [2.24, 2.45) is 0 Å². The molecular weight excluding hydrogens is 396 g/mol. The van der Waals surface area contributed by atoms with E-state index in [9.17, 15) is 0 Å². The standard InChI is InChI=1S/C28H18N2O2/c1-2-4-26-24(20-7-11-22(12-8-20)28-16-32-18-30-28)14-13-23(25(26)3-1)19-5-9-21(10-6-19)27-15-31-17-29-27/h1-18H. The predicted molar refractivity (Wildman–Crippen MR) is 126 cm³/mol. The van der Waals surface area contributed by atoms with Crippen LogP contribution >= 0.6 is 0 Å². The van der Waals surface area contributed by atoms with Crippen LogP contribution in [-0.2, 0) is 0 Å². The van der Waals surface area contributed by atoms with Crippen LogP contribution in [0.2, 0.25) is 0 Å². The van der Waals surface area contributed by atoms with Crippen LogP contribution < -0.4 is 0 Å². The second-order valence-electron chi connectivity index (χ2n) is 7.61. The van der Waals surface area contributed by atoms with E-state index in [1.165, 1.54) is 45.8 Å². The molecule has 32 heavy (non-hydrogen) atoms. The molecule has 4 aromatic carbocycles. The average Bonchev–Trinajstić information content (AvgIpc) is 3.59. The van der Waals surface area contributed by atoms with Gasteiger partial charge in [0.15, 0.2) is 12.8 Å². The Balaban J connectivity index is 1.41. The number of fused-ring (bicyclic) bond motifs is 1. The summed E-state index contributed by atoms with van der Waals surface area (Å²) in [7, 11) is 0. The fraction of sp³-hybridized carbons (Fsp3) is 0. The van der Waals surface area contributed by atoms with Crippen LogP contribution in [0.15, 0.2) is 119 Å². The molecule has 0 saturated carbocycles. The third-order valence-electron chi connectivity index (χ3n) is 5.77. The number of aromatic nitrogens is 2. The predicted octanol–water partition coefficient (Wildman–Crippen LogP) is 7.48. The van der Waals surface area contributed by atoms with Crippen molar-refractivity contribution in [3.05, 3.63) is 110 Å². The molecule has 6 aromatic rings. The molecule has 0 bridgehead atoms. The normalized spacial score (nSPS) is 11.1. The molecule has 4 heteroatoms. The van der Waals surface area contributed by atoms with Crippen molar-refractivity contribution in [1.82, 2.24) is 9.97 Å². The number of hydrogen-bond donors (Lipinski definition) is 0. The summed E-state index contributed by atoms with van der Waals surface area (Å²) in [6.07, 6.45) is 6.22. The molecule has 0 spiro atoms. The molecule has 2 heterocycles. The third kappa shape index (κ3) is 3.19. The van der Waals surface area contributed by atoms with Crippen LogP contribution in [0.3, 0.4) is 0 Å². The molecule has 0 fully saturated rings. The Kier molecular flexibility index (Phi) is 4.40. The van der Waals surface area contributed by atoms with E-state index in [1.54, 1.807) is 12.5 Å². The molecule has 0 aliphatic rings. The third-order valence-corrected chi connectivity index (χ3v) is 5.77. The minimum atomic E-state index is 0.839. The lowest BCUT2D eigenvalue weighted by Gasteiger charge is -2.13. The lowest BCUT2D eigenvalue weighted by Crippen LogP contribution is -1.87. The van der Waals surface area contributed by atoms with Gasteiger partial charge in [-0.25, -0.2) is 9.97 Å². The second-order valence-corrected chi connectivity index (χ2v) is 7.61. The van der Waals surface area contributed by atoms with E-state index in [1.807, 2.05) is 0 Å². The van der Waals surface area contributed by atoms with Gasteiger partial charge < -0.3 is 8.83 Å². The topological polar surface area (TPSA) is 52.1 Å². The Morgan fingerprint density at radius 3 is 1.22 bits per heavy atom. The Hall–Kier alpha value is -4.44. The van der Waals surface area contributed by atoms with Gasteiger partial charge in [0.2, 0.25) is 0 Å². The highest BCUT2D eigenvalue weighted by Crippen LogP contribution is 2.36. The zero-order valence-corrected chi connectivity index (χ0v) is 17.1. The van der Waals surface area contributed by atoms with Gasteiger partial charge in [-0.15, -0.1) is 0 Å².